The Bertz CT molecular complexity index is 855. The van der Waals surface area contributed by atoms with Crippen molar-refractivity contribution in [1.82, 2.24) is 30.8 Å². The molecule has 1 saturated heterocycles. The summed E-state index contributed by atoms with van der Waals surface area (Å²) >= 11 is 2.62. The van der Waals surface area contributed by atoms with Crippen molar-refractivity contribution >= 4 is 41.5 Å². The third-order valence-corrected chi connectivity index (χ3v) is 6.79. The molecular weight excluding hydrogens is 434 g/mol. The molecule has 2 amide bonds. The molecule has 0 bridgehead atoms. The summed E-state index contributed by atoms with van der Waals surface area (Å²) in [7, 11) is 0. The lowest BCUT2D eigenvalue weighted by Gasteiger charge is -2.48. The zero-order chi connectivity index (χ0) is 22.1. The summed E-state index contributed by atoms with van der Waals surface area (Å²) in [5.41, 5.74) is 5.66. The predicted molar refractivity (Wildman–Crippen MR) is 108 cm³/mol. The molecular formula is C16H23N7O5S2. The normalized spacial score (nSPS) is 22.3. The molecule has 3 atom stereocenters. The molecule has 1 aromatic heterocycles. The Morgan fingerprint density at radius 1 is 1.50 bits per heavy atom. The minimum Gasteiger partial charge on any atom is -0.477 e. The maximum atomic E-state index is 12.2. The first-order valence-electron chi connectivity index (χ1n) is 9.12. The number of fused-ring (bicyclic) bond motifs is 1. The number of carbonyl (C=O) groups excluding carboxylic acids is 2. The van der Waals surface area contributed by atoms with E-state index in [0.717, 1.165) is 0 Å². The van der Waals surface area contributed by atoms with Gasteiger partial charge in [-0.3, -0.25) is 9.69 Å². The molecule has 2 aliphatic rings. The zero-order valence-electron chi connectivity index (χ0n) is 16.6. The molecule has 164 valence electrons. The number of tetrazole rings is 1. The Hall–Kier alpha value is -2.32. The fraction of sp³-hybridized carbons (Fsp3) is 0.625. The van der Waals surface area contributed by atoms with E-state index in [9.17, 15) is 19.5 Å². The molecule has 0 aliphatic carbocycles. The van der Waals surface area contributed by atoms with Crippen molar-refractivity contribution in [1.29, 1.82) is 0 Å². The molecule has 0 aromatic carbocycles. The van der Waals surface area contributed by atoms with E-state index in [-0.39, 0.29) is 17.6 Å². The second-order valence-electron chi connectivity index (χ2n) is 7.63. The van der Waals surface area contributed by atoms with Crippen molar-refractivity contribution in [2.24, 2.45) is 5.73 Å². The monoisotopic (exact) mass is 457 g/mol. The fourth-order valence-electron chi connectivity index (χ4n) is 3.04. The van der Waals surface area contributed by atoms with E-state index in [1.165, 1.54) is 28.4 Å². The lowest BCUT2D eigenvalue weighted by molar-refractivity contribution is -0.148. The van der Waals surface area contributed by atoms with Crippen LogP contribution < -0.4 is 11.1 Å². The number of aromatic nitrogens is 4. The van der Waals surface area contributed by atoms with Gasteiger partial charge in [0.15, 0.2) is 0 Å². The van der Waals surface area contributed by atoms with E-state index in [0.29, 0.717) is 22.9 Å². The van der Waals surface area contributed by atoms with E-state index < -0.39 is 34.9 Å². The van der Waals surface area contributed by atoms with Gasteiger partial charge in [0.1, 0.15) is 22.7 Å². The van der Waals surface area contributed by atoms with E-state index in [2.05, 4.69) is 25.9 Å². The maximum Gasteiger partial charge on any atom is 0.407 e. The number of nitrogens with one attached hydrogen (secondary N) is 2. The van der Waals surface area contributed by atoms with Gasteiger partial charge in [-0.15, -0.1) is 22.0 Å². The third kappa shape index (κ3) is 4.87. The Labute approximate surface area is 180 Å². The van der Waals surface area contributed by atoms with Crippen molar-refractivity contribution in [3.63, 3.8) is 0 Å². The molecule has 3 heterocycles. The van der Waals surface area contributed by atoms with Gasteiger partial charge >= 0.3 is 12.1 Å². The molecule has 0 saturated carbocycles. The third-order valence-electron chi connectivity index (χ3n) is 4.28. The van der Waals surface area contributed by atoms with Gasteiger partial charge in [-0.2, -0.15) is 5.21 Å². The molecule has 3 rings (SSSR count). The average molecular weight is 458 g/mol. The first kappa shape index (κ1) is 22.4. The van der Waals surface area contributed by atoms with Crippen molar-refractivity contribution in [3.8, 4) is 0 Å². The second kappa shape index (κ2) is 8.81. The Kier molecular flexibility index (Phi) is 6.57. The molecule has 12 nitrogen and oxygen atoms in total. The van der Waals surface area contributed by atoms with Crippen molar-refractivity contribution in [3.05, 3.63) is 11.3 Å². The number of β-lactam (4-membered cyclic amide) rings is 1. The molecule has 0 radical (unpaired) electrons. The quantitative estimate of drug-likeness (QED) is 0.324. The molecule has 30 heavy (non-hydrogen) atoms. The SMILES string of the molecule is CC(C)(C)OC(=O)NCCC(Sc1nn[nH]n1)C1=C(C(=O)O)N2C(=O)C(N)[C@@H]2SC1. The largest absolute Gasteiger partial charge is 0.477 e. The van der Waals surface area contributed by atoms with Crippen molar-refractivity contribution in [2.45, 2.75) is 54.6 Å². The number of hydrogen-bond donors (Lipinski definition) is 4. The van der Waals surface area contributed by atoms with Crippen LogP contribution in [0, 0.1) is 0 Å². The molecule has 2 aliphatic heterocycles. The van der Waals surface area contributed by atoms with Crippen LogP contribution in [0.25, 0.3) is 0 Å². The Balaban J connectivity index is 1.79. The number of carbonyl (C=O) groups is 3. The number of thioether (sulfide) groups is 2. The van der Waals surface area contributed by atoms with E-state index in [1.54, 1.807) is 20.8 Å². The number of H-pyrrole nitrogens is 1. The van der Waals surface area contributed by atoms with Gasteiger partial charge in [0.2, 0.25) is 11.1 Å². The summed E-state index contributed by atoms with van der Waals surface area (Å²) < 4.78 is 5.22. The highest BCUT2D eigenvalue weighted by Crippen LogP contribution is 2.43. The molecule has 14 heteroatoms. The standard InChI is InChI=1S/C16H23N7O5S2/c1-16(2,3)28-15(27)18-5-4-8(30-14-19-21-22-20-14)7-6-29-12-9(17)11(24)23(12)10(7)13(25)26/h8-9,12H,4-6,17H2,1-3H3,(H,18,27)(H,25,26)(H,19,20,21,22)/t8?,9?,12-/m0/s1. The smallest absolute Gasteiger partial charge is 0.407 e. The first-order valence-corrected chi connectivity index (χ1v) is 11.0. The van der Waals surface area contributed by atoms with Gasteiger partial charge in [0.05, 0.1) is 0 Å². The van der Waals surface area contributed by atoms with Crippen LogP contribution in [-0.2, 0) is 14.3 Å². The number of carboxylic acids is 1. The van der Waals surface area contributed by atoms with Crippen molar-refractivity contribution in [2.75, 3.05) is 12.3 Å². The summed E-state index contributed by atoms with van der Waals surface area (Å²) in [5.74, 6) is -1.24. The van der Waals surface area contributed by atoms with Crippen LogP contribution in [0.15, 0.2) is 16.4 Å². The summed E-state index contributed by atoms with van der Waals surface area (Å²) in [6.45, 7) is 5.50. The molecule has 0 spiro atoms. The van der Waals surface area contributed by atoms with Gasteiger partial charge in [-0.1, -0.05) is 11.8 Å². The van der Waals surface area contributed by atoms with Crippen LogP contribution in [0.1, 0.15) is 27.2 Å². The molecule has 5 N–H and O–H groups in total. The minimum absolute atomic E-state index is 0.0660. The number of alkyl carbamates (subject to hydrolysis) is 1. The van der Waals surface area contributed by atoms with Gasteiger partial charge in [-0.25, -0.2) is 9.59 Å². The Morgan fingerprint density at radius 3 is 2.83 bits per heavy atom. The van der Waals surface area contributed by atoms with Gasteiger partial charge in [-0.05, 0) is 38.0 Å². The van der Waals surface area contributed by atoms with Crippen LogP contribution in [0.2, 0.25) is 0 Å². The van der Waals surface area contributed by atoms with E-state index in [1.807, 2.05) is 0 Å². The number of aromatic amines is 1. The number of aliphatic carboxylic acids is 1. The number of hydrogen-bond acceptors (Lipinski definition) is 10. The molecule has 2 unspecified atom stereocenters. The first-order chi connectivity index (χ1) is 14.1. The van der Waals surface area contributed by atoms with Crippen molar-refractivity contribution < 1.29 is 24.2 Å². The Morgan fingerprint density at radius 2 is 2.23 bits per heavy atom. The average Bonchev–Trinajstić information content (AvgIpc) is 3.17. The zero-order valence-corrected chi connectivity index (χ0v) is 18.2. The predicted octanol–water partition coefficient (Wildman–Crippen LogP) is 0.156. The number of carboxylic acid groups (broad SMARTS) is 1. The maximum absolute atomic E-state index is 12.2. The topological polar surface area (TPSA) is 176 Å². The highest BCUT2D eigenvalue weighted by Gasteiger charge is 2.52. The lowest BCUT2D eigenvalue weighted by Crippen LogP contribution is -2.68. The number of nitrogens with zero attached hydrogens (tertiary/aromatic N) is 4. The number of nitrogens with two attached hydrogens (primary N) is 1. The lowest BCUT2D eigenvalue weighted by atomic mass is 10.0. The van der Waals surface area contributed by atoms with Crippen LogP contribution in [0.5, 0.6) is 0 Å². The number of rotatable bonds is 7. The summed E-state index contributed by atoms with van der Waals surface area (Å²) in [4.78, 5) is 37.4. The van der Waals surface area contributed by atoms with Gasteiger partial charge in [0, 0.05) is 17.5 Å². The molecule has 1 fully saturated rings. The number of ether oxygens (including phenoxy) is 1. The fourth-order valence-corrected chi connectivity index (χ4v) is 5.52. The second-order valence-corrected chi connectivity index (χ2v) is 9.91. The summed E-state index contributed by atoms with van der Waals surface area (Å²) in [6.07, 6.45) is -0.204. The van der Waals surface area contributed by atoms with Crippen LogP contribution in [0.3, 0.4) is 0 Å². The highest BCUT2D eigenvalue weighted by molar-refractivity contribution is 8.01. The highest BCUT2D eigenvalue weighted by atomic mass is 32.2. The van der Waals surface area contributed by atoms with Gasteiger partial charge < -0.3 is 20.9 Å². The molecule has 1 aromatic rings. The van der Waals surface area contributed by atoms with Crippen LogP contribution in [0.4, 0.5) is 4.79 Å². The number of amides is 2. The minimum atomic E-state index is -1.20. The van der Waals surface area contributed by atoms with E-state index >= 15 is 0 Å². The summed E-state index contributed by atoms with van der Waals surface area (Å²) in [5, 5.41) is 25.7. The summed E-state index contributed by atoms with van der Waals surface area (Å²) in [6, 6.07) is -0.706. The van der Waals surface area contributed by atoms with E-state index in [4.69, 9.17) is 10.5 Å². The van der Waals surface area contributed by atoms with Crippen LogP contribution >= 0.6 is 23.5 Å². The van der Waals surface area contributed by atoms with Crippen LogP contribution in [-0.4, -0.2) is 83.2 Å². The van der Waals surface area contributed by atoms with Gasteiger partial charge in [0.25, 0.3) is 0 Å².